The van der Waals surface area contributed by atoms with E-state index in [-0.39, 0.29) is 11.7 Å². The molecule has 2 aliphatic carbocycles. The van der Waals surface area contributed by atoms with Crippen molar-refractivity contribution in [2.45, 2.75) is 19.8 Å². The zero-order valence-electron chi connectivity index (χ0n) is 10.1. The van der Waals surface area contributed by atoms with Gasteiger partial charge < -0.3 is 4.74 Å². The van der Waals surface area contributed by atoms with Crippen LogP contribution in [-0.2, 0) is 11.2 Å². The Morgan fingerprint density at radius 2 is 2.24 bits per heavy atom. The number of nitrogens with zero attached hydrogens (tertiary/aromatic N) is 1. The van der Waals surface area contributed by atoms with Gasteiger partial charge in [-0.25, -0.2) is 4.98 Å². The Kier molecular flexibility index (Phi) is 2.28. The summed E-state index contributed by atoms with van der Waals surface area (Å²) in [5.74, 6) is 1.53. The number of aromatic nitrogens is 1. The van der Waals surface area contributed by atoms with Crippen LogP contribution in [0.2, 0.25) is 0 Å². The molecule has 17 heavy (non-hydrogen) atoms. The van der Waals surface area contributed by atoms with Gasteiger partial charge >= 0.3 is 0 Å². The van der Waals surface area contributed by atoms with Crippen LogP contribution in [0.5, 0.6) is 5.88 Å². The summed E-state index contributed by atoms with van der Waals surface area (Å²) in [5, 5.41) is 0. The first kappa shape index (κ1) is 10.5. The standard InChI is InChI=1S/C14H15NO2/c1-8-5-9-6-12-10(11(9)7-13(8)16)3-4-14(15-12)17-2/h3-4,7-9H,5-6H2,1-2H3/t8-,9+/m1/s1. The average molecular weight is 229 g/mol. The van der Waals surface area contributed by atoms with Gasteiger partial charge in [0, 0.05) is 12.0 Å². The Morgan fingerprint density at radius 1 is 1.41 bits per heavy atom. The van der Waals surface area contributed by atoms with E-state index in [2.05, 4.69) is 4.98 Å². The highest BCUT2D eigenvalue weighted by atomic mass is 16.5. The predicted octanol–water partition coefficient (Wildman–Crippen LogP) is 2.25. The number of pyridine rings is 1. The number of allylic oxidation sites excluding steroid dienone is 2. The zero-order valence-corrected chi connectivity index (χ0v) is 10.1. The molecule has 0 radical (unpaired) electrons. The number of carbonyl (C=O) groups excluding carboxylic acids is 1. The number of carbonyl (C=O) groups is 1. The van der Waals surface area contributed by atoms with E-state index in [1.54, 1.807) is 7.11 Å². The van der Waals surface area contributed by atoms with Gasteiger partial charge in [0.2, 0.25) is 5.88 Å². The van der Waals surface area contributed by atoms with E-state index < -0.39 is 0 Å². The number of methoxy groups -OCH3 is 1. The van der Waals surface area contributed by atoms with E-state index >= 15 is 0 Å². The topological polar surface area (TPSA) is 39.2 Å². The van der Waals surface area contributed by atoms with E-state index in [9.17, 15) is 4.79 Å². The van der Waals surface area contributed by atoms with Gasteiger partial charge in [-0.2, -0.15) is 0 Å². The number of hydrogen-bond donors (Lipinski definition) is 0. The second kappa shape index (κ2) is 3.69. The molecule has 1 aromatic heterocycles. The number of ketones is 1. The quantitative estimate of drug-likeness (QED) is 0.741. The molecule has 0 aromatic carbocycles. The Bertz CT molecular complexity index is 519. The van der Waals surface area contributed by atoms with Crippen molar-refractivity contribution in [2.75, 3.05) is 7.11 Å². The second-order valence-electron chi connectivity index (χ2n) is 4.89. The molecular formula is C14H15NO2. The first-order valence-corrected chi connectivity index (χ1v) is 5.98. The lowest BCUT2D eigenvalue weighted by Crippen LogP contribution is -2.19. The molecule has 0 saturated heterocycles. The molecule has 0 fully saturated rings. The number of hydrogen-bond acceptors (Lipinski definition) is 3. The maximum atomic E-state index is 11.7. The lowest BCUT2D eigenvalue weighted by molar-refractivity contribution is -0.118. The number of ether oxygens (including phenoxy) is 1. The molecule has 0 bridgehead atoms. The van der Waals surface area contributed by atoms with Gasteiger partial charge in [-0.3, -0.25) is 4.79 Å². The van der Waals surface area contributed by atoms with Gasteiger partial charge in [0.25, 0.3) is 0 Å². The molecule has 0 N–H and O–H groups in total. The summed E-state index contributed by atoms with van der Waals surface area (Å²) in [6.07, 6.45) is 3.71. The molecule has 1 aromatic rings. The van der Waals surface area contributed by atoms with Crippen LogP contribution in [0.25, 0.3) is 5.57 Å². The van der Waals surface area contributed by atoms with Crippen LogP contribution in [0.1, 0.15) is 24.6 Å². The highest BCUT2D eigenvalue weighted by molar-refractivity contribution is 6.01. The van der Waals surface area contributed by atoms with E-state index in [1.165, 1.54) is 5.57 Å². The monoisotopic (exact) mass is 229 g/mol. The minimum Gasteiger partial charge on any atom is -0.481 e. The van der Waals surface area contributed by atoms with Gasteiger partial charge in [-0.1, -0.05) is 6.92 Å². The van der Waals surface area contributed by atoms with Gasteiger partial charge in [0.05, 0.1) is 12.8 Å². The fourth-order valence-electron chi connectivity index (χ4n) is 2.82. The molecule has 88 valence electrons. The number of fused-ring (bicyclic) bond motifs is 3. The first-order valence-electron chi connectivity index (χ1n) is 5.98. The SMILES string of the molecule is COc1ccc2c(n1)C[C@@H]1C[C@@H](C)C(=O)C=C21. The van der Waals surface area contributed by atoms with Crippen molar-refractivity contribution in [3.8, 4) is 5.88 Å². The molecule has 0 unspecified atom stereocenters. The minimum absolute atomic E-state index is 0.153. The summed E-state index contributed by atoms with van der Waals surface area (Å²) in [7, 11) is 1.63. The van der Waals surface area contributed by atoms with Crippen molar-refractivity contribution in [3.63, 3.8) is 0 Å². The maximum Gasteiger partial charge on any atom is 0.213 e. The third-order valence-corrected chi connectivity index (χ3v) is 3.77. The second-order valence-corrected chi connectivity index (χ2v) is 4.89. The first-order chi connectivity index (χ1) is 8.19. The summed E-state index contributed by atoms with van der Waals surface area (Å²) >= 11 is 0. The smallest absolute Gasteiger partial charge is 0.213 e. The zero-order chi connectivity index (χ0) is 12.0. The van der Waals surface area contributed by atoms with Crippen molar-refractivity contribution in [2.24, 2.45) is 11.8 Å². The molecule has 0 aliphatic heterocycles. The van der Waals surface area contributed by atoms with Gasteiger partial charge in [-0.05, 0) is 42.0 Å². The molecule has 0 spiro atoms. The van der Waals surface area contributed by atoms with Crippen LogP contribution in [-0.4, -0.2) is 17.9 Å². The molecule has 1 heterocycles. The maximum absolute atomic E-state index is 11.7. The summed E-state index contributed by atoms with van der Waals surface area (Å²) in [6, 6.07) is 3.89. The fraction of sp³-hybridized carbons (Fsp3) is 0.429. The summed E-state index contributed by atoms with van der Waals surface area (Å²) in [6.45, 7) is 2.01. The van der Waals surface area contributed by atoms with Crippen molar-refractivity contribution < 1.29 is 9.53 Å². The van der Waals surface area contributed by atoms with Gasteiger partial charge in [0.1, 0.15) is 0 Å². The van der Waals surface area contributed by atoms with Crippen molar-refractivity contribution in [3.05, 3.63) is 29.5 Å². The lowest BCUT2D eigenvalue weighted by atomic mass is 9.82. The third-order valence-electron chi connectivity index (χ3n) is 3.77. The summed E-state index contributed by atoms with van der Waals surface area (Å²) < 4.78 is 5.14. The molecule has 0 saturated carbocycles. The molecule has 2 atom stereocenters. The summed E-state index contributed by atoms with van der Waals surface area (Å²) in [4.78, 5) is 16.2. The van der Waals surface area contributed by atoms with Crippen LogP contribution >= 0.6 is 0 Å². The lowest BCUT2D eigenvalue weighted by Gasteiger charge is -2.21. The van der Waals surface area contributed by atoms with Crippen LogP contribution in [0.15, 0.2) is 18.2 Å². The third kappa shape index (κ3) is 1.57. The molecule has 3 rings (SSSR count). The van der Waals surface area contributed by atoms with Gasteiger partial charge in [0.15, 0.2) is 5.78 Å². The summed E-state index contributed by atoms with van der Waals surface area (Å²) in [5.41, 5.74) is 3.39. The molecule has 2 aliphatic rings. The highest BCUT2D eigenvalue weighted by Gasteiger charge is 2.34. The van der Waals surface area contributed by atoms with E-state index in [4.69, 9.17) is 4.74 Å². The van der Waals surface area contributed by atoms with Crippen LogP contribution < -0.4 is 4.74 Å². The molecule has 3 nitrogen and oxygen atoms in total. The fourth-order valence-corrected chi connectivity index (χ4v) is 2.82. The number of rotatable bonds is 1. The van der Waals surface area contributed by atoms with Crippen molar-refractivity contribution in [1.82, 2.24) is 4.98 Å². The Balaban J connectivity index is 2.05. The van der Waals surface area contributed by atoms with Crippen LogP contribution in [0.4, 0.5) is 0 Å². The normalized spacial score (nSPS) is 26.2. The van der Waals surface area contributed by atoms with Crippen LogP contribution in [0.3, 0.4) is 0 Å². The molecule has 0 amide bonds. The Hall–Kier alpha value is -1.64. The highest BCUT2D eigenvalue weighted by Crippen LogP contribution is 2.43. The van der Waals surface area contributed by atoms with E-state index in [0.29, 0.717) is 11.8 Å². The molecular weight excluding hydrogens is 214 g/mol. The van der Waals surface area contributed by atoms with Gasteiger partial charge in [-0.15, -0.1) is 0 Å². The van der Waals surface area contributed by atoms with Crippen molar-refractivity contribution in [1.29, 1.82) is 0 Å². The largest absolute Gasteiger partial charge is 0.481 e. The Labute approximate surface area is 101 Å². The molecule has 3 heteroatoms. The average Bonchev–Trinajstić information content (AvgIpc) is 2.66. The van der Waals surface area contributed by atoms with E-state index in [0.717, 1.165) is 24.1 Å². The minimum atomic E-state index is 0.153. The van der Waals surface area contributed by atoms with E-state index in [1.807, 2.05) is 25.1 Å². The predicted molar refractivity (Wildman–Crippen MR) is 64.7 cm³/mol. The van der Waals surface area contributed by atoms with Crippen molar-refractivity contribution >= 4 is 11.4 Å². The van der Waals surface area contributed by atoms with Crippen LogP contribution in [0, 0.1) is 11.8 Å². The Morgan fingerprint density at radius 3 is 3.00 bits per heavy atom.